The fourth-order valence-electron chi connectivity index (χ4n) is 2.88. The number of ether oxygens (including phenoxy) is 1. The Labute approximate surface area is 136 Å². The first-order valence-corrected chi connectivity index (χ1v) is 7.73. The normalized spacial score (nSPS) is 14.5. The molecule has 1 saturated heterocycles. The Morgan fingerprint density at radius 1 is 1.04 bits per heavy atom. The third-order valence-corrected chi connectivity index (χ3v) is 4.22. The van der Waals surface area contributed by atoms with Crippen molar-refractivity contribution in [2.24, 2.45) is 0 Å². The SMILES string of the molecule is COc1ccccc1N1CCN(c2ccc(C)c(C#N)n2)CC1. The molecule has 3 rings (SSSR count). The molecular formula is C18H20N4O. The molecule has 118 valence electrons. The van der Waals surface area contributed by atoms with Crippen LogP contribution in [-0.2, 0) is 0 Å². The fourth-order valence-corrected chi connectivity index (χ4v) is 2.88. The molecule has 5 nitrogen and oxygen atoms in total. The van der Waals surface area contributed by atoms with Crippen LogP contribution in [-0.4, -0.2) is 38.3 Å². The van der Waals surface area contributed by atoms with Crippen molar-refractivity contribution in [3.63, 3.8) is 0 Å². The van der Waals surface area contributed by atoms with E-state index in [1.54, 1.807) is 7.11 Å². The molecule has 0 saturated carbocycles. The van der Waals surface area contributed by atoms with Crippen LogP contribution in [0.25, 0.3) is 0 Å². The summed E-state index contributed by atoms with van der Waals surface area (Å²) in [6.45, 7) is 5.46. The minimum atomic E-state index is 0.509. The van der Waals surface area contributed by atoms with Crippen LogP contribution >= 0.6 is 0 Å². The van der Waals surface area contributed by atoms with Gasteiger partial charge < -0.3 is 14.5 Å². The molecule has 5 heteroatoms. The highest BCUT2D eigenvalue weighted by Crippen LogP contribution is 2.29. The Morgan fingerprint density at radius 3 is 2.43 bits per heavy atom. The smallest absolute Gasteiger partial charge is 0.145 e. The Hall–Kier alpha value is -2.74. The lowest BCUT2D eigenvalue weighted by Crippen LogP contribution is -2.47. The number of rotatable bonds is 3. The first-order valence-electron chi connectivity index (χ1n) is 7.73. The zero-order valence-corrected chi connectivity index (χ0v) is 13.5. The minimum Gasteiger partial charge on any atom is -0.495 e. The molecule has 1 aromatic carbocycles. The van der Waals surface area contributed by atoms with Gasteiger partial charge in [0.1, 0.15) is 23.3 Å². The van der Waals surface area contributed by atoms with Crippen LogP contribution in [0, 0.1) is 18.3 Å². The van der Waals surface area contributed by atoms with Gasteiger partial charge in [-0.05, 0) is 30.7 Å². The maximum atomic E-state index is 9.14. The van der Waals surface area contributed by atoms with E-state index in [0.29, 0.717) is 5.69 Å². The van der Waals surface area contributed by atoms with Crippen LogP contribution in [0.5, 0.6) is 5.75 Å². The van der Waals surface area contributed by atoms with E-state index < -0.39 is 0 Å². The number of para-hydroxylation sites is 2. The Kier molecular flexibility index (Phi) is 4.33. The highest BCUT2D eigenvalue weighted by molar-refractivity contribution is 5.59. The maximum absolute atomic E-state index is 9.14. The van der Waals surface area contributed by atoms with Crippen molar-refractivity contribution >= 4 is 11.5 Å². The highest BCUT2D eigenvalue weighted by atomic mass is 16.5. The number of aromatic nitrogens is 1. The van der Waals surface area contributed by atoms with E-state index >= 15 is 0 Å². The molecule has 2 heterocycles. The Morgan fingerprint density at radius 2 is 1.74 bits per heavy atom. The number of hydrogen-bond donors (Lipinski definition) is 0. The number of nitriles is 1. The fraction of sp³-hybridized carbons (Fsp3) is 0.333. The summed E-state index contributed by atoms with van der Waals surface area (Å²) in [5, 5.41) is 9.14. The van der Waals surface area contributed by atoms with Crippen molar-refractivity contribution in [2.45, 2.75) is 6.92 Å². The molecule has 0 bridgehead atoms. The molecule has 0 atom stereocenters. The predicted molar refractivity (Wildman–Crippen MR) is 91.1 cm³/mol. The van der Waals surface area contributed by atoms with E-state index in [1.165, 1.54) is 0 Å². The van der Waals surface area contributed by atoms with E-state index in [-0.39, 0.29) is 0 Å². The van der Waals surface area contributed by atoms with Gasteiger partial charge in [-0.15, -0.1) is 0 Å². The van der Waals surface area contributed by atoms with Crippen LogP contribution in [0.1, 0.15) is 11.3 Å². The maximum Gasteiger partial charge on any atom is 0.145 e. The lowest BCUT2D eigenvalue weighted by molar-refractivity contribution is 0.413. The van der Waals surface area contributed by atoms with E-state index in [0.717, 1.165) is 49.0 Å². The first kappa shape index (κ1) is 15.2. The summed E-state index contributed by atoms with van der Waals surface area (Å²) in [4.78, 5) is 9.02. The number of methoxy groups -OCH3 is 1. The number of aryl methyl sites for hydroxylation is 1. The van der Waals surface area contributed by atoms with E-state index in [1.807, 2.05) is 37.3 Å². The van der Waals surface area contributed by atoms with Crippen LogP contribution in [0.2, 0.25) is 0 Å². The predicted octanol–water partition coefficient (Wildman–Crippen LogP) is 2.60. The van der Waals surface area contributed by atoms with Crippen LogP contribution < -0.4 is 14.5 Å². The molecule has 23 heavy (non-hydrogen) atoms. The van der Waals surface area contributed by atoms with Gasteiger partial charge in [0.2, 0.25) is 0 Å². The minimum absolute atomic E-state index is 0.509. The van der Waals surface area contributed by atoms with Crippen molar-refractivity contribution in [2.75, 3.05) is 43.1 Å². The number of nitrogens with zero attached hydrogens (tertiary/aromatic N) is 4. The zero-order valence-electron chi connectivity index (χ0n) is 13.5. The molecule has 1 aromatic heterocycles. The van der Waals surface area contributed by atoms with Gasteiger partial charge >= 0.3 is 0 Å². The Balaban J connectivity index is 1.73. The van der Waals surface area contributed by atoms with Gasteiger partial charge in [-0.2, -0.15) is 5.26 Å². The summed E-state index contributed by atoms with van der Waals surface area (Å²) < 4.78 is 5.45. The van der Waals surface area contributed by atoms with Gasteiger partial charge in [-0.25, -0.2) is 4.98 Å². The molecule has 1 fully saturated rings. The van der Waals surface area contributed by atoms with Crippen LogP contribution in [0.15, 0.2) is 36.4 Å². The van der Waals surface area contributed by atoms with Crippen molar-refractivity contribution < 1.29 is 4.74 Å². The van der Waals surface area contributed by atoms with Gasteiger partial charge in [0.15, 0.2) is 0 Å². The van der Waals surface area contributed by atoms with Crippen molar-refractivity contribution in [3.05, 3.63) is 47.7 Å². The quantitative estimate of drug-likeness (QED) is 0.872. The molecule has 0 aliphatic carbocycles. The van der Waals surface area contributed by atoms with Crippen LogP contribution in [0.4, 0.5) is 11.5 Å². The van der Waals surface area contributed by atoms with Crippen molar-refractivity contribution in [1.82, 2.24) is 4.98 Å². The summed E-state index contributed by atoms with van der Waals surface area (Å²) >= 11 is 0. The molecule has 0 N–H and O–H groups in total. The van der Waals surface area contributed by atoms with Gasteiger partial charge in [0.25, 0.3) is 0 Å². The molecular weight excluding hydrogens is 288 g/mol. The third kappa shape index (κ3) is 3.07. The molecule has 0 amide bonds. The second-order valence-electron chi connectivity index (χ2n) is 5.59. The highest BCUT2D eigenvalue weighted by Gasteiger charge is 2.20. The molecule has 0 unspecified atom stereocenters. The number of pyridine rings is 1. The van der Waals surface area contributed by atoms with Crippen molar-refractivity contribution in [1.29, 1.82) is 5.26 Å². The summed E-state index contributed by atoms with van der Waals surface area (Å²) in [7, 11) is 1.70. The Bertz CT molecular complexity index is 730. The monoisotopic (exact) mass is 308 g/mol. The van der Waals surface area contributed by atoms with E-state index in [2.05, 4.69) is 26.9 Å². The molecule has 0 spiro atoms. The van der Waals surface area contributed by atoms with E-state index in [4.69, 9.17) is 10.00 Å². The van der Waals surface area contributed by atoms with Crippen LogP contribution in [0.3, 0.4) is 0 Å². The molecule has 2 aromatic rings. The number of hydrogen-bond acceptors (Lipinski definition) is 5. The van der Waals surface area contributed by atoms with Gasteiger partial charge in [-0.3, -0.25) is 0 Å². The zero-order chi connectivity index (χ0) is 16.2. The molecule has 1 aliphatic heterocycles. The summed E-state index contributed by atoms with van der Waals surface area (Å²) in [5.41, 5.74) is 2.56. The molecule has 1 aliphatic rings. The third-order valence-electron chi connectivity index (χ3n) is 4.22. The standard InChI is InChI=1S/C18H20N4O/c1-14-7-8-18(20-15(14)13-19)22-11-9-21(10-12-22)16-5-3-4-6-17(16)23-2/h3-8H,9-12H2,1-2H3. The summed E-state index contributed by atoms with van der Waals surface area (Å²) in [6, 6.07) is 14.2. The molecule has 0 radical (unpaired) electrons. The summed E-state index contributed by atoms with van der Waals surface area (Å²) in [6.07, 6.45) is 0. The second-order valence-corrected chi connectivity index (χ2v) is 5.59. The average molecular weight is 308 g/mol. The lowest BCUT2D eigenvalue weighted by Gasteiger charge is -2.37. The van der Waals surface area contributed by atoms with Gasteiger partial charge in [0.05, 0.1) is 12.8 Å². The van der Waals surface area contributed by atoms with E-state index in [9.17, 15) is 0 Å². The van der Waals surface area contributed by atoms with Crippen molar-refractivity contribution in [3.8, 4) is 11.8 Å². The lowest BCUT2D eigenvalue weighted by atomic mass is 10.2. The second kappa shape index (κ2) is 6.57. The topological polar surface area (TPSA) is 52.4 Å². The number of piperazine rings is 1. The number of benzene rings is 1. The van der Waals surface area contributed by atoms with Gasteiger partial charge in [-0.1, -0.05) is 18.2 Å². The van der Waals surface area contributed by atoms with Gasteiger partial charge in [0, 0.05) is 26.2 Å². The largest absolute Gasteiger partial charge is 0.495 e. The number of anilines is 2. The average Bonchev–Trinajstić information content (AvgIpc) is 2.62. The summed E-state index contributed by atoms with van der Waals surface area (Å²) in [5.74, 6) is 1.79. The first-order chi connectivity index (χ1) is 11.2.